The second-order valence-electron chi connectivity index (χ2n) is 2.78. The van der Waals surface area contributed by atoms with E-state index in [4.69, 9.17) is 10.8 Å². The van der Waals surface area contributed by atoms with Gasteiger partial charge in [0.15, 0.2) is 0 Å². The van der Waals surface area contributed by atoms with E-state index in [1.54, 1.807) is 18.2 Å². The Morgan fingerprint density at radius 1 is 1.29 bits per heavy atom. The summed E-state index contributed by atoms with van der Waals surface area (Å²) in [5, 5.41) is 8.72. The molecule has 76 valence electrons. The Kier molecular flexibility index (Phi) is 6.16. The molecule has 0 bridgehead atoms. The normalized spacial score (nSPS) is 12.6. The summed E-state index contributed by atoms with van der Waals surface area (Å²) in [7, 11) is 0. The SMILES string of the molecule is C=C(/C=C\C(=C)C(/C=C\N)=C/C)CO. The summed E-state index contributed by atoms with van der Waals surface area (Å²) >= 11 is 0. The highest BCUT2D eigenvalue weighted by atomic mass is 16.3. The Hall–Kier alpha value is -1.54. The molecular formula is C12H17NO. The zero-order valence-electron chi connectivity index (χ0n) is 8.53. The van der Waals surface area contributed by atoms with Crippen molar-refractivity contribution in [2.45, 2.75) is 6.92 Å². The fourth-order valence-electron chi connectivity index (χ4n) is 0.860. The van der Waals surface area contributed by atoms with Crippen molar-refractivity contribution in [2.75, 3.05) is 6.61 Å². The molecule has 0 aromatic carbocycles. The van der Waals surface area contributed by atoms with Gasteiger partial charge in [-0.15, -0.1) is 0 Å². The molecule has 0 rings (SSSR count). The Morgan fingerprint density at radius 3 is 2.36 bits per heavy atom. The topological polar surface area (TPSA) is 46.2 Å². The van der Waals surface area contributed by atoms with E-state index in [9.17, 15) is 0 Å². The van der Waals surface area contributed by atoms with E-state index in [-0.39, 0.29) is 6.61 Å². The van der Waals surface area contributed by atoms with Crippen LogP contribution < -0.4 is 5.73 Å². The van der Waals surface area contributed by atoms with Crippen LogP contribution in [-0.4, -0.2) is 11.7 Å². The molecule has 0 aromatic rings. The van der Waals surface area contributed by atoms with E-state index in [0.29, 0.717) is 5.57 Å². The van der Waals surface area contributed by atoms with Crippen molar-refractivity contribution < 1.29 is 5.11 Å². The number of hydrogen-bond acceptors (Lipinski definition) is 2. The van der Waals surface area contributed by atoms with Crippen molar-refractivity contribution in [3.05, 3.63) is 60.4 Å². The Bertz CT molecular complexity index is 295. The maximum absolute atomic E-state index is 8.72. The molecule has 0 aromatic heterocycles. The van der Waals surface area contributed by atoms with E-state index in [1.165, 1.54) is 6.20 Å². The third kappa shape index (κ3) is 4.48. The first-order valence-electron chi connectivity index (χ1n) is 4.36. The molecule has 2 heteroatoms. The first-order valence-corrected chi connectivity index (χ1v) is 4.36. The molecule has 0 atom stereocenters. The molecule has 0 saturated carbocycles. The lowest BCUT2D eigenvalue weighted by molar-refractivity contribution is 0.335. The summed E-state index contributed by atoms with van der Waals surface area (Å²) in [6.45, 7) is 9.37. The molecule has 0 unspecified atom stereocenters. The molecule has 0 heterocycles. The summed E-state index contributed by atoms with van der Waals surface area (Å²) in [5.74, 6) is 0. The van der Waals surface area contributed by atoms with E-state index < -0.39 is 0 Å². The van der Waals surface area contributed by atoms with Gasteiger partial charge in [0, 0.05) is 0 Å². The largest absolute Gasteiger partial charge is 0.405 e. The minimum atomic E-state index is -0.0400. The third-order valence-electron chi connectivity index (χ3n) is 1.68. The van der Waals surface area contributed by atoms with Crippen LogP contribution in [0.4, 0.5) is 0 Å². The molecule has 0 aliphatic heterocycles. The Labute approximate surface area is 85.4 Å². The van der Waals surface area contributed by atoms with Gasteiger partial charge in [0.25, 0.3) is 0 Å². The summed E-state index contributed by atoms with van der Waals surface area (Å²) in [6.07, 6.45) is 8.69. The van der Waals surface area contributed by atoms with Crippen molar-refractivity contribution in [1.82, 2.24) is 0 Å². The molecule has 14 heavy (non-hydrogen) atoms. The van der Waals surface area contributed by atoms with Crippen molar-refractivity contribution >= 4 is 0 Å². The number of rotatable bonds is 5. The number of hydrogen-bond donors (Lipinski definition) is 2. The molecule has 3 N–H and O–H groups in total. The van der Waals surface area contributed by atoms with Gasteiger partial charge in [-0.3, -0.25) is 0 Å². The highest BCUT2D eigenvalue weighted by Crippen LogP contribution is 2.11. The number of aliphatic hydroxyl groups excluding tert-OH is 1. The van der Waals surface area contributed by atoms with Crippen LogP contribution in [0.5, 0.6) is 0 Å². The number of aliphatic hydroxyl groups is 1. The zero-order valence-corrected chi connectivity index (χ0v) is 8.53. The van der Waals surface area contributed by atoms with Crippen LogP contribution in [0.25, 0.3) is 0 Å². The molecule has 0 aliphatic rings. The summed E-state index contributed by atoms with van der Waals surface area (Å²) in [6, 6.07) is 0. The van der Waals surface area contributed by atoms with Crippen LogP contribution in [0, 0.1) is 0 Å². The molecule has 0 aliphatic carbocycles. The first-order chi connectivity index (χ1) is 6.65. The average Bonchev–Trinajstić information content (AvgIpc) is 2.21. The lowest BCUT2D eigenvalue weighted by Gasteiger charge is -2.00. The second kappa shape index (κ2) is 6.92. The van der Waals surface area contributed by atoms with Crippen LogP contribution in [0.3, 0.4) is 0 Å². The fraction of sp³-hybridized carbons (Fsp3) is 0.167. The highest BCUT2D eigenvalue weighted by molar-refractivity contribution is 5.45. The van der Waals surface area contributed by atoms with E-state index in [1.807, 2.05) is 13.0 Å². The van der Waals surface area contributed by atoms with Crippen LogP contribution in [-0.2, 0) is 0 Å². The van der Waals surface area contributed by atoms with Gasteiger partial charge in [-0.1, -0.05) is 31.4 Å². The number of nitrogens with two attached hydrogens (primary N) is 1. The van der Waals surface area contributed by atoms with Gasteiger partial charge in [-0.25, -0.2) is 0 Å². The van der Waals surface area contributed by atoms with Gasteiger partial charge >= 0.3 is 0 Å². The predicted molar refractivity (Wildman–Crippen MR) is 61.6 cm³/mol. The standard InChI is InChI=1S/C12H17NO/c1-4-12(7-8-13)11(3)6-5-10(2)9-14/h4-8,14H,2-3,9,13H2,1H3/b6-5-,8-7-,12-4+. The summed E-state index contributed by atoms with van der Waals surface area (Å²) in [5.41, 5.74) is 7.72. The van der Waals surface area contributed by atoms with Crippen LogP contribution in [0.2, 0.25) is 0 Å². The summed E-state index contributed by atoms with van der Waals surface area (Å²) < 4.78 is 0. The minimum Gasteiger partial charge on any atom is -0.405 e. The van der Waals surface area contributed by atoms with Crippen molar-refractivity contribution in [1.29, 1.82) is 0 Å². The van der Waals surface area contributed by atoms with Crippen molar-refractivity contribution in [3.8, 4) is 0 Å². The fourth-order valence-corrected chi connectivity index (χ4v) is 0.860. The first kappa shape index (κ1) is 12.5. The second-order valence-corrected chi connectivity index (χ2v) is 2.78. The molecule has 2 nitrogen and oxygen atoms in total. The van der Waals surface area contributed by atoms with Crippen LogP contribution in [0.15, 0.2) is 60.4 Å². The lowest BCUT2D eigenvalue weighted by atomic mass is 10.1. The van der Waals surface area contributed by atoms with Gasteiger partial charge in [-0.2, -0.15) is 0 Å². The summed E-state index contributed by atoms with van der Waals surface area (Å²) in [4.78, 5) is 0. The highest BCUT2D eigenvalue weighted by Gasteiger charge is 1.93. The molecule has 0 fully saturated rings. The maximum atomic E-state index is 8.72. The van der Waals surface area contributed by atoms with Gasteiger partial charge in [0.1, 0.15) is 0 Å². The van der Waals surface area contributed by atoms with E-state index in [2.05, 4.69) is 13.2 Å². The van der Waals surface area contributed by atoms with E-state index in [0.717, 1.165) is 11.1 Å². The molecule has 0 radical (unpaired) electrons. The van der Waals surface area contributed by atoms with Crippen molar-refractivity contribution in [2.24, 2.45) is 5.73 Å². The average molecular weight is 191 g/mol. The van der Waals surface area contributed by atoms with Gasteiger partial charge in [-0.05, 0) is 35.9 Å². The number of allylic oxidation sites excluding steroid dienone is 5. The van der Waals surface area contributed by atoms with Gasteiger partial charge < -0.3 is 10.8 Å². The van der Waals surface area contributed by atoms with Gasteiger partial charge in [0.2, 0.25) is 0 Å². The molecule has 0 spiro atoms. The zero-order chi connectivity index (χ0) is 11.0. The quantitative estimate of drug-likeness (QED) is 0.653. The monoisotopic (exact) mass is 191 g/mol. The van der Waals surface area contributed by atoms with Gasteiger partial charge in [0.05, 0.1) is 6.61 Å². The van der Waals surface area contributed by atoms with Crippen molar-refractivity contribution in [3.63, 3.8) is 0 Å². The van der Waals surface area contributed by atoms with Crippen LogP contribution >= 0.6 is 0 Å². The molecular weight excluding hydrogens is 174 g/mol. The molecule has 0 amide bonds. The maximum Gasteiger partial charge on any atom is 0.0676 e. The van der Waals surface area contributed by atoms with E-state index >= 15 is 0 Å². The lowest BCUT2D eigenvalue weighted by Crippen LogP contribution is -1.86. The predicted octanol–water partition coefficient (Wildman–Crippen LogP) is 2.07. The Balaban J connectivity index is 4.48. The Morgan fingerprint density at radius 2 is 1.93 bits per heavy atom. The molecule has 0 saturated heterocycles. The minimum absolute atomic E-state index is 0.0400. The van der Waals surface area contributed by atoms with Crippen LogP contribution in [0.1, 0.15) is 6.92 Å². The third-order valence-corrected chi connectivity index (χ3v) is 1.68. The smallest absolute Gasteiger partial charge is 0.0676 e.